The lowest BCUT2D eigenvalue weighted by Gasteiger charge is -2.22. The number of hydrogen-bond donors (Lipinski definition) is 0. The van der Waals surface area contributed by atoms with Crippen molar-refractivity contribution in [1.82, 2.24) is 9.13 Å². The monoisotopic (exact) mass is 962 g/mol. The van der Waals surface area contributed by atoms with Crippen LogP contribution in [-0.2, 0) is 6.18 Å². The zero-order chi connectivity index (χ0) is 51.0. The van der Waals surface area contributed by atoms with Gasteiger partial charge in [0.25, 0.3) is 0 Å². The Balaban J connectivity index is 1.21. The smallest absolute Gasteiger partial charge is 0.309 e. The van der Waals surface area contributed by atoms with Gasteiger partial charge in [0.2, 0.25) is 0 Å². The van der Waals surface area contributed by atoms with Gasteiger partial charge in [-0.25, -0.2) is 4.85 Å². The lowest BCUT2D eigenvalue weighted by atomic mass is 9.93. The van der Waals surface area contributed by atoms with Gasteiger partial charge in [0, 0.05) is 27.1 Å². The van der Waals surface area contributed by atoms with E-state index in [2.05, 4.69) is 124 Å². The van der Waals surface area contributed by atoms with Crippen LogP contribution < -0.4 is 0 Å². The van der Waals surface area contributed by atoms with Gasteiger partial charge < -0.3 is 9.13 Å². The Kier molecular flexibility index (Phi) is 10.9. The normalized spacial score (nSPS) is 11.7. The minimum atomic E-state index is -4.84. The van der Waals surface area contributed by atoms with Crippen LogP contribution >= 0.6 is 0 Å². The molecule has 12 rings (SSSR count). The highest BCUT2D eigenvalue weighted by atomic mass is 19.4. The molecule has 74 heavy (non-hydrogen) atoms. The summed E-state index contributed by atoms with van der Waals surface area (Å²) in [4.78, 5) is 3.77. The Morgan fingerprint density at radius 3 is 1.12 bits per heavy atom. The van der Waals surface area contributed by atoms with E-state index < -0.39 is 11.7 Å². The predicted octanol–water partition coefficient (Wildman–Crippen LogP) is 18.9. The highest BCUT2D eigenvalue weighted by molar-refractivity contribution is 6.14. The minimum Gasteiger partial charge on any atom is -0.309 e. The molecule has 7 heteroatoms. The van der Waals surface area contributed by atoms with Crippen LogP contribution in [0, 0.1) is 45.6 Å². The Bertz CT molecular complexity index is 4180. The average Bonchev–Trinajstić information content (AvgIpc) is 3.91. The van der Waals surface area contributed by atoms with E-state index in [0.29, 0.717) is 11.4 Å². The quantitative estimate of drug-likeness (QED) is 0.147. The fourth-order valence-corrected chi connectivity index (χ4v) is 11.2. The van der Waals surface area contributed by atoms with Gasteiger partial charge in [0.05, 0.1) is 51.1 Å². The lowest BCUT2D eigenvalue weighted by molar-refractivity contribution is -0.137. The number of aryl methyl sites for hydroxylation is 4. The number of nitrogens with zero attached hydrogens (tertiary/aromatic N) is 4. The first-order chi connectivity index (χ1) is 35.9. The van der Waals surface area contributed by atoms with E-state index in [1.54, 1.807) is 12.1 Å². The van der Waals surface area contributed by atoms with Gasteiger partial charge in [0.15, 0.2) is 5.69 Å². The predicted molar refractivity (Wildman–Crippen MR) is 297 cm³/mol. The van der Waals surface area contributed by atoms with E-state index in [-0.39, 0.29) is 22.4 Å². The van der Waals surface area contributed by atoms with E-state index in [4.69, 9.17) is 6.57 Å². The maximum atomic E-state index is 15.7. The highest BCUT2D eigenvalue weighted by Crippen LogP contribution is 2.49. The van der Waals surface area contributed by atoms with Crippen molar-refractivity contribution in [1.29, 1.82) is 5.26 Å². The first-order valence-electron chi connectivity index (χ1n) is 24.5. The fraction of sp³-hybridized carbons (Fsp3) is 0.0746. The molecule has 354 valence electrons. The van der Waals surface area contributed by atoms with Crippen LogP contribution in [0.15, 0.2) is 200 Å². The summed E-state index contributed by atoms with van der Waals surface area (Å²) in [6.45, 7) is 16.7. The van der Waals surface area contributed by atoms with E-state index in [9.17, 15) is 5.26 Å². The van der Waals surface area contributed by atoms with Crippen LogP contribution in [0.3, 0.4) is 0 Å². The lowest BCUT2D eigenvalue weighted by Crippen LogP contribution is -2.10. The largest absolute Gasteiger partial charge is 0.415 e. The summed E-state index contributed by atoms with van der Waals surface area (Å²) in [6.07, 6.45) is -4.84. The fourth-order valence-electron chi connectivity index (χ4n) is 11.2. The van der Waals surface area contributed by atoms with Crippen LogP contribution in [0.2, 0.25) is 0 Å². The second-order valence-corrected chi connectivity index (χ2v) is 19.2. The van der Waals surface area contributed by atoms with E-state index in [1.807, 2.05) is 94.1 Å². The molecule has 4 nitrogen and oxygen atoms in total. The average molecular weight is 963 g/mol. The molecule has 0 saturated carbocycles. The van der Waals surface area contributed by atoms with Gasteiger partial charge in [-0.15, -0.1) is 0 Å². The summed E-state index contributed by atoms with van der Waals surface area (Å²) >= 11 is 0. The van der Waals surface area contributed by atoms with Crippen LogP contribution in [0.5, 0.6) is 0 Å². The van der Waals surface area contributed by atoms with Gasteiger partial charge in [-0.2, -0.15) is 18.4 Å². The van der Waals surface area contributed by atoms with E-state index in [0.717, 1.165) is 116 Å². The minimum absolute atomic E-state index is 0.158. The summed E-state index contributed by atoms with van der Waals surface area (Å²) < 4.78 is 51.0. The molecular weight excluding hydrogens is 918 g/mol. The molecule has 0 radical (unpaired) electrons. The van der Waals surface area contributed by atoms with Crippen molar-refractivity contribution in [2.24, 2.45) is 0 Å². The highest BCUT2D eigenvalue weighted by Gasteiger charge is 2.36. The number of alkyl halides is 3. The van der Waals surface area contributed by atoms with Crippen molar-refractivity contribution in [3.8, 4) is 73.1 Å². The Hall–Kier alpha value is -9.43. The second kappa shape index (κ2) is 17.7. The molecular formula is C67H45F3N4. The molecule has 0 N–H and O–H groups in total. The Labute approximate surface area is 426 Å². The standard InChI is InChI=1S/C67H45F3N4/c1-40-15-6-10-19-49(40)44-25-29-60-53(33-44)54-34-45(50-20-11-7-16-41(50)2)26-30-61(54)73(60)64-38-57(66-58(67(68,69)70)23-14-24-59(66)72-5)65(37-48(64)39-71)74-62-31-27-46(51-21-12-8-17-42(51)3)35-55(62)56-36-47(28-32-63(56)74)52-22-13-9-18-43(52)4/h6-38H,1-4H3. The molecule has 0 aliphatic heterocycles. The molecule has 2 heterocycles. The third-order valence-corrected chi connectivity index (χ3v) is 14.8. The number of halogens is 3. The molecule has 0 unspecified atom stereocenters. The Morgan fingerprint density at radius 1 is 0.419 bits per heavy atom. The summed E-state index contributed by atoms with van der Waals surface area (Å²) in [5.74, 6) is 0. The maximum Gasteiger partial charge on any atom is 0.415 e. The molecule has 2 aromatic heterocycles. The second-order valence-electron chi connectivity index (χ2n) is 19.2. The summed E-state index contributed by atoms with van der Waals surface area (Å²) in [5.41, 5.74) is 15.5. The third-order valence-electron chi connectivity index (χ3n) is 14.8. The summed E-state index contributed by atoms with van der Waals surface area (Å²) in [7, 11) is 0. The zero-order valence-corrected chi connectivity index (χ0v) is 41.0. The summed E-state index contributed by atoms with van der Waals surface area (Å²) in [6, 6.07) is 67.5. The van der Waals surface area contributed by atoms with Crippen molar-refractivity contribution in [3.05, 3.63) is 245 Å². The van der Waals surface area contributed by atoms with Crippen molar-refractivity contribution in [2.45, 2.75) is 33.9 Å². The molecule has 0 amide bonds. The molecule has 0 spiro atoms. The molecule has 0 saturated heterocycles. The number of fused-ring (bicyclic) bond motifs is 6. The van der Waals surface area contributed by atoms with E-state index >= 15 is 13.2 Å². The first-order valence-corrected chi connectivity index (χ1v) is 24.5. The number of hydrogen-bond acceptors (Lipinski definition) is 1. The third kappa shape index (κ3) is 7.44. The molecule has 0 aliphatic rings. The van der Waals surface area contributed by atoms with Gasteiger partial charge in [0.1, 0.15) is 6.07 Å². The van der Waals surface area contributed by atoms with Gasteiger partial charge in [-0.05, 0) is 161 Å². The zero-order valence-electron chi connectivity index (χ0n) is 41.0. The van der Waals surface area contributed by atoms with Crippen molar-refractivity contribution >= 4 is 49.3 Å². The molecule has 0 bridgehead atoms. The molecule has 0 atom stereocenters. The molecule has 12 aromatic rings. The Morgan fingerprint density at radius 2 is 0.784 bits per heavy atom. The van der Waals surface area contributed by atoms with Gasteiger partial charge in [-0.3, -0.25) is 0 Å². The van der Waals surface area contributed by atoms with Crippen LogP contribution in [0.25, 0.3) is 115 Å². The van der Waals surface area contributed by atoms with Gasteiger partial charge >= 0.3 is 6.18 Å². The van der Waals surface area contributed by atoms with E-state index in [1.165, 1.54) is 12.1 Å². The SMILES string of the molecule is [C-]#[N+]c1cccc(C(F)(F)F)c1-c1cc(-n2c3ccc(-c4ccccc4C)cc3c3cc(-c4ccccc4C)ccc32)c(C#N)cc1-n1c2ccc(-c3ccccc3C)cc2c2cc(-c3ccccc3C)ccc21. The number of aromatic nitrogens is 2. The van der Waals surface area contributed by atoms with Crippen molar-refractivity contribution < 1.29 is 13.2 Å². The van der Waals surface area contributed by atoms with Crippen molar-refractivity contribution in [2.75, 3.05) is 0 Å². The molecule has 10 aromatic carbocycles. The maximum absolute atomic E-state index is 15.7. The number of rotatable bonds is 7. The molecule has 0 aliphatic carbocycles. The molecule has 0 fully saturated rings. The topological polar surface area (TPSA) is 38.0 Å². The van der Waals surface area contributed by atoms with Crippen LogP contribution in [-0.4, -0.2) is 9.13 Å². The van der Waals surface area contributed by atoms with Crippen LogP contribution in [0.4, 0.5) is 18.9 Å². The summed E-state index contributed by atoms with van der Waals surface area (Å²) in [5, 5.41) is 15.1. The first kappa shape index (κ1) is 45.7. The number of nitriles is 1. The van der Waals surface area contributed by atoms with Crippen molar-refractivity contribution in [3.63, 3.8) is 0 Å². The van der Waals surface area contributed by atoms with Gasteiger partial charge in [-0.1, -0.05) is 140 Å². The number of benzene rings is 10. The van der Waals surface area contributed by atoms with Crippen LogP contribution in [0.1, 0.15) is 33.4 Å².